The molecule has 3 saturated carbocycles. The molecule has 6 atom stereocenters. The summed E-state index contributed by atoms with van der Waals surface area (Å²) in [6.45, 7) is 3.98. The maximum Gasteiger partial charge on any atom is 0.330 e. The monoisotopic (exact) mass is 484 g/mol. The molecular weight excluding hydrogens is 448 g/mol. The third-order valence-corrected chi connectivity index (χ3v) is 8.28. The van der Waals surface area contributed by atoms with Crippen molar-refractivity contribution >= 4 is 5.97 Å². The van der Waals surface area contributed by atoms with E-state index in [1.807, 2.05) is 30.3 Å². The first-order chi connectivity index (χ1) is 17.1. The Bertz CT molecular complexity index is 905. The van der Waals surface area contributed by atoms with Crippen LogP contribution in [0.15, 0.2) is 43.0 Å². The van der Waals surface area contributed by atoms with E-state index in [0.717, 1.165) is 56.9 Å². The topological polar surface area (TPSA) is 72.5 Å². The molecule has 5 aliphatic rings. The first-order valence-corrected chi connectivity index (χ1v) is 13.3. The van der Waals surface area contributed by atoms with Crippen molar-refractivity contribution in [3.05, 3.63) is 48.6 Å². The highest BCUT2D eigenvalue weighted by Crippen LogP contribution is 2.52. The summed E-state index contributed by atoms with van der Waals surface area (Å²) in [4.78, 5) is 12.5. The largest absolute Gasteiger partial charge is 0.453 e. The lowest BCUT2D eigenvalue weighted by atomic mass is 9.84. The molecular formula is C28H36O7. The Morgan fingerprint density at radius 3 is 1.86 bits per heavy atom. The van der Waals surface area contributed by atoms with Gasteiger partial charge in [-0.15, -0.1) is 0 Å². The molecule has 2 saturated heterocycles. The highest BCUT2D eigenvalue weighted by atomic mass is 16.8. The van der Waals surface area contributed by atoms with Gasteiger partial charge in [-0.3, -0.25) is 0 Å². The summed E-state index contributed by atoms with van der Waals surface area (Å²) in [6, 6.07) is 10.00. The second-order valence-electron chi connectivity index (χ2n) is 10.6. The Morgan fingerprint density at radius 2 is 1.31 bits per heavy atom. The van der Waals surface area contributed by atoms with Crippen molar-refractivity contribution in [1.29, 1.82) is 0 Å². The standard InChI is InChI=1S/C28H36O7/c1-2-20(29)31-22-21(30-18-19-12-6-3-7-13-19)23-25(34-27(32-23)14-8-4-9-15-27)26-24(22)33-28(35-26)16-10-5-11-17-28/h2-3,6-7,12-13,21-26H,1,4-5,8-11,14-18H2/t21-,22-,23+,24+,25+,26+/m1/s1. The molecule has 3 aliphatic carbocycles. The minimum absolute atomic E-state index is 0.334. The SMILES string of the molecule is C=CC(=O)O[C@@H]1[C@@H](OCc2ccccc2)[C@@H]2OC3(CCCCC3)O[C@@H]2[C@H]2OC3(CCCCC3)O[C@@H]12. The number of carbonyl (C=O) groups excluding carboxylic acids is 1. The number of ether oxygens (including phenoxy) is 6. The third-order valence-electron chi connectivity index (χ3n) is 8.28. The zero-order valence-electron chi connectivity index (χ0n) is 20.3. The van der Waals surface area contributed by atoms with Crippen LogP contribution in [0.5, 0.6) is 0 Å². The summed E-state index contributed by atoms with van der Waals surface area (Å²) < 4.78 is 39.3. The van der Waals surface area contributed by atoms with Gasteiger partial charge in [0, 0.05) is 31.8 Å². The number of fused-ring (bicyclic) bond motifs is 3. The molecule has 1 aromatic carbocycles. The van der Waals surface area contributed by atoms with Gasteiger partial charge in [0.15, 0.2) is 17.7 Å². The van der Waals surface area contributed by atoms with Gasteiger partial charge >= 0.3 is 5.97 Å². The molecule has 2 spiro atoms. The molecule has 0 bridgehead atoms. The Balaban J connectivity index is 1.34. The van der Waals surface area contributed by atoms with Crippen LogP contribution in [0, 0.1) is 0 Å². The molecule has 0 aromatic heterocycles. The summed E-state index contributed by atoms with van der Waals surface area (Å²) in [5.74, 6) is -1.79. The van der Waals surface area contributed by atoms with Gasteiger partial charge in [-0.25, -0.2) is 4.79 Å². The molecule has 0 unspecified atom stereocenters. The van der Waals surface area contributed by atoms with Gasteiger partial charge in [0.25, 0.3) is 0 Å². The minimum Gasteiger partial charge on any atom is -0.453 e. The first-order valence-electron chi connectivity index (χ1n) is 13.3. The van der Waals surface area contributed by atoms with E-state index in [-0.39, 0.29) is 12.2 Å². The number of benzene rings is 1. The summed E-state index contributed by atoms with van der Waals surface area (Å²) in [5, 5.41) is 0. The molecule has 0 radical (unpaired) electrons. The van der Waals surface area contributed by atoms with Gasteiger partial charge < -0.3 is 28.4 Å². The molecule has 1 aromatic rings. The normalized spacial score (nSPS) is 37.0. The molecule has 2 aliphatic heterocycles. The second kappa shape index (κ2) is 9.60. The van der Waals surface area contributed by atoms with Crippen molar-refractivity contribution in [2.24, 2.45) is 0 Å². The van der Waals surface area contributed by atoms with Crippen molar-refractivity contribution < 1.29 is 33.2 Å². The summed E-state index contributed by atoms with van der Waals surface area (Å²) in [5.41, 5.74) is 1.04. The lowest BCUT2D eigenvalue weighted by Gasteiger charge is -2.42. The van der Waals surface area contributed by atoms with E-state index in [9.17, 15) is 4.79 Å². The number of hydrogen-bond acceptors (Lipinski definition) is 7. The average molecular weight is 485 g/mol. The fourth-order valence-corrected chi connectivity index (χ4v) is 6.63. The summed E-state index contributed by atoms with van der Waals surface area (Å²) in [6.07, 6.45) is 8.34. The number of rotatable bonds is 5. The zero-order chi connectivity index (χ0) is 23.9. The fourth-order valence-electron chi connectivity index (χ4n) is 6.63. The smallest absolute Gasteiger partial charge is 0.330 e. The number of carbonyl (C=O) groups is 1. The Morgan fingerprint density at radius 1 is 0.800 bits per heavy atom. The van der Waals surface area contributed by atoms with Crippen LogP contribution in [-0.2, 0) is 39.8 Å². The van der Waals surface area contributed by atoms with Crippen LogP contribution in [0.4, 0.5) is 0 Å². The lowest BCUT2D eigenvalue weighted by molar-refractivity contribution is -0.230. The fraction of sp³-hybridized carbons (Fsp3) is 0.679. The van der Waals surface area contributed by atoms with E-state index in [1.165, 1.54) is 18.9 Å². The van der Waals surface area contributed by atoms with E-state index >= 15 is 0 Å². The maximum absolute atomic E-state index is 12.5. The van der Waals surface area contributed by atoms with Crippen molar-refractivity contribution in [3.8, 4) is 0 Å². The van der Waals surface area contributed by atoms with Crippen LogP contribution in [0.2, 0.25) is 0 Å². The molecule has 0 N–H and O–H groups in total. The number of hydrogen-bond donors (Lipinski definition) is 0. The van der Waals surface area contributed by atoms with Crippen LogP contribution >= 0.6 is 0 Å². The molecule has 7 heteroatoms. The van der Waals surface area contributed by atoms with Crippen LogP contribution in [0.25, 0.3) is 0 Å². The molecule has 6 rings (SSSR count). The van der Waals surface area contributed by atoms with Crippen molar-refractivity contribution in [2.45, 2.75) is 119 Å². The summed E-state index contributed by atoms with van der Waals surface area (Å²) in [7, 11) is 0. The van der Waals surface area contributed by atoms with E-state index < -0.39 is 42.0 Å². The van der Waals surface area contributed by atoms with Crippen LogP contribution in [0.1, 0.15) is 69.8 Å². The van der Waals surface area contributed by atoms with E-state index in [1.54, 1.807) is 0 Å². The van der Waals surface area contributed by atoms with Gasteiger partial charge in [-0.1, -0.05) is 49.8 Å². The van der Waals surface area contributed by atoms with E-state index in [2.05, 4.69) is 6.58 Å². The molecule has 190 valence electrons. The lowest BCUT2D eigenvalue weighted by Crippen LogP contribution is -2.63. The highest BCUT2D eigenvalue weighted by Gasteiger charge is 2.67. The van der Waals surface area contributed by atoms with Gasteiger partial charge in [0.1, 0.15) is 30.5 Å². The van der Waals surface area contributed by atoms with Crippen molar-refractivity contribution in [3.63, 3.8) is 0 Å². The quantitative estimate of drug-likeness (QED) is 0.448. The first kappa shape index (κ1) is 23.6. The van der Waals surface area contributed by atoms with Gasteiger partial charge in [-0.05, 0) is 31.2 Å². The van der Waals surface area contributed by atoms with Gasteiger partial charge in [-0.2, -0.15) is 0 Å². The van der Waals surface area contributed by atoms with Crippen LogP contribution < -0.4 is 0 Å². The molecule has 7 nitrogen and oxygen atoms in total. The third kappa shape index (κ3) is 4.46. The highest BCUT2D eigenvalue weighted by molar-refractivity contribution is 5.81. The Labute approximate surface area is 207 Å². The van der Waals surface area contributed by atoms with Gasteiger partial charge in [0.2, 0.25) is 0 Å². The zero-order valence-corrected chi connectivity index (χ0v) is 20.3. The molecule has 0 amide bonds. The van der Waals surface area contributed by atoms with Crippen molar-refractivity contribution in [2.75, 3.05) is 0 Å². The predicted molar refractivity (Wildman–Crippen MR) is 126 cm³/mol. The van der Waals surface area contributed by atoms with Crippen LogP contribution in [0.3, 0.4) is 0 Å². The van der Waals surface area contributed by atoms with Crippen molar-refractivity contribution in [1.82, 2.24) is 0 Å². The van der Waals surface area contributed by atoms with Crippen LogP contribution in [-0.4, -0.2) is 54.2 Å². The minimum atomic E-state index is -0.681. The Kier molecular flexibility index (Phi) is 6.48. The van der Waals surface area contributed by atoms with E-state index in [0.29, 0.717) is 6.61 Å². The molecule has 2 heterocycles. The summed E-state index contributed by atoms with van der Waals surface area (Å²) >= 11 is 0. The Hall–Kier alpha value is -1.77. The molecule has 5 fully saturated rings. The number of esters is 1. The van der Waals surface area contributed by atoms with E-state index in [4.69, 9.17) is 28.4 Å². The molecule has 35 heavy (non-hydrogen) atoms. The average Bonchev–Trinajstić information content (AvgIpc) is 3.43. The maximum atomic E-state index is 12.5. The second-order valence-corrected chi connectivity index (χ2v) is 10.6. The van der Waals surface area contributed by atoms with Gasteiger partial charge in [0.05, 0.1) is 6.61 Å². The predicted octanol–water partition coefficient (Wildman–Crippen LogP) is 4.57.